The lowest BCUT2D eigenvalue weighted by Crippen LogP contribution is -2.06. The topological polar surface area (TPSA) is 43.0 Å². The Hall–Kier alpha value is -1.74. The first-order valence-corrected chi connectivity index (χ1v) is 4.10. The van der Waals surface area contributed by atoms with Crippen LogP contribution in [0.15, 0.2) is 48.8 Å². The molecule has 0 aliphatic carbocycles. The predicted molar refractivity (Wildman–Crippen MR) is 53.6 cm³/mol. The molecule has 0 amide bonds. The minimum absolute atomic E-state index is 0.913. The molecule has 1 heterocycles. The Labute approximate surface area is 76.8 Å². The summed E-state index contributed by atoms with van der Waals surface area (Å²) in [5.74, 6) is 5.26. The lowest BCUT2D eigenvalue weighted by atomic mass is 10.3. The number of benzene rings is 1. The molecule has 2 rings (SSSR count). The molecule has 0 aliphatic heterocycles. The third-order valence-electron chi connectivity index (χ3n) is 1.94. The highest BCUT2D eigenvalue weighted by Crippen LogP contribution is 2.11. The van der Waals surface area contributed by atoms with Gasteiger partial charge in [0.25, 0.3) is 0 Å². The number of hydrogen-bond donors (Lipinski definition) is 2. The summed E-state index contributed by atoms with van der Waals surface area (Å²) in [5, 5.41) is 0. The van der Waals surface area contributed by atoms with E-state index in [1.165, 1.54) is 0 Å². The van der Waals surface area contributed by atoms with Gasteiger partial charge in [-0.3, -0.25) is 5.84 Å². The minimum atomic E-state index is 0.913. The second-order valence-corrected chi connectivity index (χ2v) is 2.78. The molecule has 0 fully saturated rings. The number of aromatic nitrogens is 1. The summed E-state index contributed by atoms with van der Waals surface area (Å²) in [5.41, 5.74) is 4.63. The van der Waals surface area contributed by atoms with Crippen LogP contribution < -0.4 is 11.3 Å². The van der Waals surface area contributed by atoms with E-state index in [1.54, 1.807) is 0 Å². The zero-order valence-electron chi connectivity index (χ0n) is 7.14. The molecule has 0 bridgehead atoms. The summed E-state index contributed by atoms with van der Waals surface area (Å²) in [7, 11) is 0. The Balaban J connectivity index is 2.33. The Morgan fingerprint density at radius 3 is 2.15 bits per heavy atom. The summed E-state index contributed by atoms with van der Waals surface area (Å²) >= 11 is 0. The molecule has 3 heteroatoms. The van der Waals surface area contributed by atoms with Gasteiger partial charge in [0.1, 0.15) is 0 Å². The maximum Gasteiger partial charge on any atom is 0.0486 e. The van der Waals surface area contributed by atoms with E-state index in [0.29, 0.717) is 0 Å². The van der Waals surface area contributed by atoms with Crippen LogP contribution in [-0.4, -0.2) is 4.57 Å². The Kier molecular flexibility index (Phi) is 2.02. The van der Waals surface area contributed by atoms with Crippen LogP contribution in [-0.2, 0) is 0 Å². The zero-order valence-corrected chi connectivity index (χ0v) is 7.14. The highest BCUT2D eigenvalue weighted by Gasteiger charge is 1.93. The molecule has 2 aromatic rings. The fraction of sp³-hybridized carbons (Fsp3) is 0. The summed E-state index contributed by atoms with van der Waals surface area (Å²) in [6, 6.07) is 11.9. The van der Waals surface area contributed by atoms with Crippen molar-refractivity contribution in [3.63, 3.8) is 0 Å². The number of hydrazine groups is 1. The normalized spacial score (nSPS) is 9.92. The lowest BCUT2D eigenvalue weighted by molar-refractivity contribution is 1.08. The van der Waals surface area contributed by atoms with Crippen LogP contribution in [0, 0.1) is 0 Å². The van der Waals surface area contributed by atoms with E-state index >= 15 is 0 Å². The molecule has 1 aromatic heterocycles. The quantitative estimate of drug-likeness (QED) is 0.537. The fourth-order valence-corrected chi connectivity index (χ4v) is 1.24. The molecule has 13 heavy (non-hydrogen) atoms. The van der Waals surface area contributed by atoms with Crippen LogP contribution in [0.4, 0.5) is 5.69 Å². The molecular weight excluding hydrogens is 162 g/mol. The first-order valence-electron chi connectivity index (χ1n) is 4.10. The Morgan fingerprint density at radius 2 is 1.62 bits per heavy atom. The molecule has 0 saturated heterocycles. The maximum atomic E-state index is 5.26. The molecule has 3 nitrogen and oxygen atoms in total. The summed E-state index contributed by atoms with van der Waals surface area (Å²) < 4.78 is 2.04. The smallest absolute Gasteiger partial charge is 0.0486 e. The van der Waals surface area contributed by atoms with Crippen LogP contribution in [0.3, 0.4) is 0 Å². The largest absolute Gasteiger partial charge is 0.324 e. The third-order valence-corrected chi connectivity index (χ3v) is 1.94. The van der Waals surface area contributed by atoms with Crippen LogP contribution in [0.25, 0.3) is 5.69 Å². The first-order chi connectivity index (χ1) is 6.40. The molecule has 3 N–H and O–H groups in total. The molecular formula is C10H11N3. The van der Waals surface area contributed by atoms with Crippen molar-refractivity contribution in [3.05, 3.63) is 48.8 Å². The van der Waals surface area contributed by atoms with Gasteiger partial charge in [-0.05, 0) is 36.4 Å². The van der Waals surface area contributed by atoms with E-state index in [4.69, 9.17) is 5.84 Å². The van der Waals surface area contributed by atoms with E-state index in [9.17, 15) is 0 Å². The lowest BCUT2D eigenvalue weighted by Gasteiger charge is -2.03. The van der Waals surface area contributed by atoms with Crippen molar-refractivity contribution in [2.24, 2.45) is 5.84 Å². The summed E-state index contributed by atoms with van der Waals surface area (Å²) in [6.07, 6.45) is 4.01. The molecule has 0 atom stereocenters. The van der Waals surface area contributed by atoms with Crippen molar-refractivity contribution >= 4 is 5.69 Å². The monoisotopic (exact) mass is 173 g/mol. The Morgan fingerprint density at radius 1 is 1.00 bits per heavy atom. The van der Waals surface area contributed by atoms with Gasteiger partial charge < -0.3 is 9.99 Å². The third kappa shape index (κ3) is 1.55. The molecule has 0 aliphatic rings. The van der Waals surface area contributed by atoms with E-state index < -0.39 is 0 Å². The van der Waals surface area contributed by atoms with Crippen molar-refractivity contribution in [1.82, 2.24) is 4.57 Å². The predicted octanol–water partition coefficient (Wildman–Crippen LogP) is 1.76. The van der Waals surface area contributed by atoms with Crippen LogP contribution in [0.2, 0.25) is 0 Å². The average Bonchev–Trinajstić information content (AvgIpc) is 2.71. The summed E-state index contributed by atoms with van der Waals surface area (Å²) in [4.78, 5) is 0. The van der Waals surface area contributed by atoms with E-state index in [-0.39, 0.29) is 0 Å². The number of nitrogens with two attached hydrogens (primary N) is 1. The van der Waals surface area contributed by atoms with Crippen molar-refractivity contribution in [2.75, 3.05) is 5.43 Å². The summed E-state index contributed by atoms with van der Waals surface area (Å²) in [6.45, 7) is 0. The average molecular weight is 173 g/mol. The maximum absolute atomic E-state index is 5.26. The number of hydrogen-bond acceptors (Lipinski definition) is 2. The van der Waals surface area contributed by atoms with Gasteiger partial charge in [0, 0.05) is 23.8 Å². The van der Waals surface area contributed by atoms with Crippen molar-refractivity contribution < 1.29 is 0 Å². The minimum Gasteiger partial charge on any atom is -0.324 e. The van der Waals surface area contributed by atoms with Gasteiger partial charge in [-0.15, -0.1) is 0 Å². The number of nitrogen functional groups attached to an aromatic ring is 1. The van der Waals surface area contributed by atoms with E-state index in [2.05, 4.69) is 5.43 Å². The van der Waals surface area contributed by atoms with Crippen LogP contribution in [0.1, 0.15) is 0 Å². The van der Waals surface area contributed by atoms with Gasteiger partial charge >= 0.3 is 0 Å². The van der Waals surface area contributed by atoms with Crippen LogP contribution in [0.5, 0.6) is 0 Å². The van der Waals surface area contributed by atoms with E-state index in [0.717, 1.165) is 11.4 Å². The first kappa shape index (κ1) is 7.89. The van der Waals surface area contributed by atoms with Gasteiger partial charge in [-0.2, -0.15) is 0 Å². The highest BCUT2D eigenvalue weighted by molar-refractivity contribution is 5.47. The van der Waals surface area contributed by atoms with Gasteiger partial charge in [-0.1, -0.05) is 0 Å². The second kappa shape index (κ2) is 3.33. The molecule has 0 spiro atoms. The van der Waals surface area contributed by atoms with Gasteiger partial charge in [-0.25, -0.2) is 0 Å². The SMILES string of the molecule is NNc1ccc(-n2cccc2)cc1. The molecule has 0 saturated carbocycles. The molecule has 66 valence electrons. The number of nitrogens with one attached hydrogen (secondary N) is 1. The van der Waals surface area contributed by atoms with Crippen LogP contribution >= 0.6 is 0 Å². The van der Waals surface area contributed by atoms with Gasteiger partial charge in [0.15, 0.2) is 0 Å². The molecule has 0 radical (unpaired) electrons. The molecule has 1 aromatic carbocycles. The van der Waals surface area contributed by atoms with Crippen molar-refractivity contribution in [1.29, 1.82) is 0 Å². The van der Waals surface area contributed by atoms with Gasteiger partial charge in [0.05, 0.1) is 0 Å². The highest BCUT2D eigenvalue weighted by atomic mass is 15.2. The van der Waals surface area contributed by atoms with Crippen molar-refractivity contribution in [3.8, 4) is 5.69 Å². The Bertz CT molecular complexity index is 362. The number of anilines is 1. The molecule has 0 unspecified atom stereocenters. The fourth-order valence-electron chi connectivity index (χ4n) is 1.24. The number of nitrogens with zero attached hydrogens (tertiary/aromatic N) is 1. The zero-order chi connectivity index (χ0) is 9.10. The number of rotatable bonds is 2. The standard InChI is InChI=1S/C10H11N3/c11-12-9-3-5-10(6-4-9)13-7-1-2-8-13/h1-8,12H,11H2. The van der Waals surface area contributed by atoms with Gasteiger partial charge in [0.2, 0.25) is 0 Å². The van der Waals surface area contributed by atoms with E-state index in [1.807, 2.05) is 53.4 Å². The van der Waals surface area contributed by atoms with Crippen molar-refractivity contribution in [2.45, 2.75) is 0 Å². The second-order valence-electron chi connectivity index (χ2n) is 2.78.